The van der Waals surface area contributed by atoms with E-state index >= 15 is 0 Å². The summed E-state index contributed by atoms with van der Waals surface area (Å²) < 4.78 is 48.9. The molecular weight excluding hydrogens is 302 g/mol. The molecule has 0 atom stereocenters. The van der Waals surface area contributed by atoms with E-state index in [0.29, 0.717) is 25.9 Å². The molecule has 1 aromatic rings. The topological polar surface area (TPSA) is 80.5 Å². The lowest BCUT2D eigenvalue weighted by atomic mass is 9.96. The third kappa shape index (κ3) is 3.15. The highest BCUT2D eigenvalue weighted by Crippen LogP contribution is 2.31. The molecule has 0 radical (unpaired) electrons. The Morgan fingerprint density at radius 3 is 2.33 bits per heavy atom. The van der Waals surface area contributed by atoms with Crippen molar-refractivity contribution < 1.29 is 22.0 Å². The average molecular weight is 318 g/mol. The fraction of sp³-hybridized carbons (Fsp3) is 0.462. The summed E-state index contributed by atoms with van der Waals surface area (Å²) in [6.07, 6.45) is 0.969. The summed E-state index contributed by atoms with van der Waals surface area (Å²) in [6.45, 7) is 0.812. The van der Waals surface area contributed by atoms with Gasteiger partial charge in [-0.1, -0.05) is 12.1 Å². The van der Waals surface area contributed by atoms with Crippen LogP contribution in [0.5, 0.6) is 0 Å². The molecule has 1 saturated heterocycles. The number of hydrogen-bond donors (Lipinski definition) is 1. The van der Waals surface area contributed by atoms with Crippen molar-refractivity contribution in [2.24, 2.45) is 11.7 Å². The van der Waals surface area contributed by atoms with Crippen molar-refractivity contribution in [1.82, 2.24) is 0 Å². The van der Waals surface area contributed by atoms with Gasteiger partial charge in [0.2, 0.25) is 15.7 Å². The van der Waals surface area contributed by atoms with Crippen LogP contribution in [0.4, 0.5) is 14.5 Å². The van der Waals surface area contributed by atoms with Gasteiger partial charge in [-0.05, 0) is 25.0 Å². The van der Waals surface area contributed by atoms with Crippen LogP contribution in [-0.4, -0.2) is 33.2 Å². The molecule has 2 rings (SSSR count). The fourth-order valence-electron chi connectivity index (χ4n) is 2.46. The van der Waals surface area contributed by atoms with Crippen molar-refractivity contribution in [1.29, 1.82) is 0 Å². The molecule has 5 nitrogen and oxygen atoms in total. The molecule has 0 saturated carbocycles. The molecule has 0 aromatic heterocycles. The Bertz CT molecular complexity index is 626. The smallest absolute Gasteiger partial charge is 0.341 e. The quantitative estimate of drug-likeness (QED) is 0.909. The predicted octanol–water partition coefficient (Wildman–Crippen LogP) is 1.38. The van der Waals surface area contributed by atoms with Crippen molar-refractivity contribution >= 4 is 21.4 Å². The highest BCUT2D eigenvalue weighted by atomic mass is 32.2. The van der Waals surface area contributed by atoms with Crippen LogP contribution >= 0.6 is 0 Å². The Morgan fingerprint density at radius 1 is 1.24 bits per heavy atom. The lowest BCUT2D eigenvalue weighted by molar-refractivity contribution is -0.122. The van der Waals surface area contributed by atoms with Crippen molar-refractivity contribution in [3.05, 3.63) is 24.3 Å². The number of hydrogen-bond acceptors (Lipinski definition) is 4. The number of para-hydroxylation sites is 1. The maximum atomic E-state index is 12.7. The molecule has 1 aliphatic rings. The predicted molar refractivity (Wildman–Crippen MR) is 73.8 cm³/mol. The molecular formula is C13H16F2N2O3S. The van der Waals surface area contributed by atoms with Gasteiger partial charge in [0.1, 0.15) is 0 Å². The molecule has 116 valence electrons. The fourth-order valence-corrected chi connectivity index (χ4v) is 3.41. The number of sulfone groups is 1. The van der Waals surface area contributed by atoms with Crippen LogP contribution in [0.15, 0.2) is 29.2 Å². The Labute approximate surface area is 121 Å². The normalized spacial score (nSPS) is 17.2. The zero-order valence-electron chi connectivity index (χ0n) is 11.2. The van der Waals surface area contributed by atoms with E-state index in [4.69, 9.17) is 5.73 Å². The van der Waals surface area contributed by atoms with E-state index in [-0.39, 0.29) is 22.4 Å². The highest BCUT2D eigenvalue weighted by Gasteiger charge is 2.32. The molecule has 21 heavy (non-hydrogen) atoms. The SMILES string of the molecule is NC(=O)C1CCN(c2ccccc2S(=O)(=O)C(F)F)CC1. The summed E-state index contributed by atoms with van der Waals surface area (Å²) in [5, 5.41) is 0. The van der Waals surface area contributed by atoms with Crippen LogP contribution in [0, 0.1) is 5.92 Å². The lowest BCUT2D eigenvalue weighted by Crippen LogP contribution is -2.39. The monoisotopic (exact) mass is 318 g/mol. The van der Waals surface area contributed by atoms with Crippen molar-refractivity contribution in [3.63, 3.8) is 0 Å². The molecule has 1 fully saturated rings. The van der Waals surface area contributed by atoms with Crippen LogP contribution in [0.25, 0.3) is 0 Å². The zero-order valence-corrected chi connectivity index (χ0v) is 12.0. The molecule has 1 amide bonds. The van der Waals surface area contributed by atoms with Crippen molar-refractivity contribution in [3.8, 4) is 0 Å². The van der Waals surface area contributed by atoms with E-state index in [1.54, 1.807) is 11.0 Å². The summed E-state index contributed by atoms with van der Waals surface area (Å²) in [4.78, 5) is 12.4. The van der Waals surface area contributed by atoms with Gasteiger partial charge in [0, 0.05) is 19.0 Å². The van der Waals surface area contributed by atoms with Crippen LogP contribution in [0.1, 0.15) is 12.8 Å². The second-order valence-corrected chi connectivity index (χ2v) is 6.82. The molecule has 1 aromatic carbocycles. The van der Waals surface area contributed by atoms with Gasteiger partial charge >= 0.3 is 5.76 Å². The Balaban J connectivity index is 2.29. The first kappa shape index (κ1) is 15.7. The third-order valence-electron chi connectivity index (χ3n) is 3.64. The first-order valence-electron chi connectivity index (χ1n) is 6.49. The summed E-state index contributed by atoms with van der Waals surface area (Å²) in [5.41, 5.74) is 5.49. The number of alkyl halides is 2. The highest BCUT2D eigenvalue weighted by molar-refractivity contribution is 7.91. The van der Waals surface area contributed by atoms with Gasteiger partial charge in [-0.3, -0.25) is 4.79 Å². The summed E-state index contributed by atoms with van der Waals surface area (Å²) in [7, 11) is -4.65. The molecule has 0 spiro atoms. The van der Waals surface area contributed by atoms with Gasteiger partial charge < -0.3 is 10.6 Å². The van der Waals surface area contributed by atoms with E-state index in [1.165, 1.54) is 18.2 Å². The first-order chi connectivity index (χ1) is 9.84. The number of carbonyl (C=O) groups is 1. The number of amides is 1. The molecule has 8 heteroatoms. The minimum Gasteiger partial charge on any atom is -0.370 e. The van der Waals surface area contributed by atoms with Gasteiger partial charge in [-0.25, -0.2) is 8.42 Å². The Kier molecular flexibility index (Phi) is 4.46. The number of benzene rings is 1. The minimum atomic E-state index is -4.65. The molecule has 0 unspecified atom stereocenters. The van der Waals surface area contributed by atoms with Crippen LogP contribution in [0.3, 0.4) is 0 Å². The first-order valence-corrected chi connectivity index (χ1v) is 8.04. The molecule has 1 aliphatic heterocycles. The van der Waals surface area contributed by atoms with Gasteiger partial charge in [0.05, 0.1) is 10.6 Å². The number of carbonyl (C=O) groups excluding carboxylic acids is 1. The molecule has 0 aliphatic carbocycles. The maximum absolute atomic E-state index is 12.7. The summed E-state index contributed by atoms with van der Waals surface area (Å²) >= 11 is 0. The minimum absolute atomic E-state index is 0.250. The second-order valence-electron chi connectivity index (χ2n) is 4.94. The zero-order chi connectivity index (χ0) is 15.6. The van der Waals surface area contributed by atoms with Crippen molar-refractivity contribution in [2.75, 3.05) is 18.0 Å². The number of nitrogens with two attached hydrogens (primary N) is 1. The Hall–Kier alpha value is -1.70. The molecule has 1 heterocycles. The number of piperidine rings is 1. The molecule has 0 bridgehead atoms. The van der Waals surface area contributed by atoms with E-state index in [0.717, 1.165) is 0 Å². The van der Waals surface area contributed by atoms with Crippen LogP contribution in [0.2, 0.25) is 0 Å². The standard InChI is InChI=1S/C13H16F2N2O3S/c14-13(15)21(19,20)11-4-2-1-3-10(11)17-7-5-9(6-8-17)12(16)18/h1-4,9,13H,5-8H2,(H2,16,18). The van der Waals surface area contributed by atoms with Crippen LogP contribution < -0.4 is 10.6 Å². The largest absolute Gasteiger partial charge is 0.370 e. The number of primary amides is 1. The lowest BCUT2D eigenvalue weighted by Gasteiger charge is -2.33. The maximum Gasteiger partial charge on any atom is 0.341 e. The van der Waals surface area contributed by atoms with Gasteiger partial charge in [0.15, 0.2) is 0 Å². The van der Waals surface area contributed by atoms with Crippen molar-refractivity contribution in [2.45, 2.75) is 23.5 Å². The summed E-state index contributed by atoms with van der Waals surface area (Å²) in [5.74, 6) is -4.09. The second kappa shape index (κ2) is 5.97. The number of halogens is 2. The van der Waals surface area contributed by atoms with E-state index in [9.17, 15) is 22.0 Å². The average Bonchev–Trinajstić information content (AvgIpc) is 2.47. The van der Waals surface area contributed by atoms with Crippen LogP contribution in [-0.2, 0) is 14.6 Å². The van der Waals surface area contributed by atoms with Gasteiger partial charge in [-0.2, -0.15) is 8.78 Å². The number of rotatable bonds is 4. The Morgan fingerprint density at radius 2 is 1.81 bits per heavy atom. The number of anilines is 1. The van der Waals surface area contributed by atoms with Gasteiger partial charge in [0.25, 0.3) is 0 Å². The summed E-state index contributed by atoms with van der Waals surface area (Å²) in [6, 6.07) is 5.69. The van der Waals surface area contributed by atoms with E-state index in [2.05, 4.69) is 0 Å². The van der Waals surface area contributed by atoms with E-state index in [1.807, 2.05) is 0 Å². The van der Waals surface area contributed by atoms with E-state index < -0.39 is 15.6 Å². The third-order valence-corrected chi connectivity index (χ3v) is 5.07. The molecule has 2 N–H and O–H groups in total. The number of nitrogens with zero attached hydrogens (tertiary/aromatic N) is 1. The van der Waals surface area contributed by atoms with Gasteiger partial charge in [-0.15, -0.1) is 0 Å².